The molecule has 0 bridgehead atoms. The van der Waals surface area contributed by atoms with E-state index in [4.69, 9.17) is 0 Å². The number of sulfone groups is 1. The lowest BCUT2D eigenvalue weighted by Crippen LogP contribution is -2.49. The van der Waals surface area contributed by atoms with Crippen molar-refractivity contribution in [2.45, 2.75) is 25.2 Å². The smallest absolute Gasteiger partial charge is 0.193 e. The summed E-state index contributed by atoms with van der Waals surface area (Å²) in [6.45, 7) is 6.79. The second-order valence-electron chi connectivity index (χ2n) is 6.46. The van der Waals surface area contributed by atoms with Crippen molar-refractivity contribution in [2.75, 3.05) is 32.4 Å². The van der Waals surface area contributed by atoms with E-state index in [1.54, 1.807) is 31.3 Å². The zero-order chi connectivity index (χ0) is 16.9. The van der Waals surface area contributed by atoms with E-state index in [9.17, 15) is 8.42 Å². The zero-order valence-corrected chi connectivity index (χ0v) is 17.8. The number of benzene rings is 1. The Bertz CT molecular complexity index is 624. The van der Waals surface area contributed by atoms with Crippen LogP contribution in [0.15, 0.2) is 40.2 Å². The number of hydrogen-bond acceptors (Lipinski definition) is 3. The molecule has 2 atom stereocenters. The minimum Gasteiger partial charge on any atom is -0.355 e. The van der Waals surface area contributed by atoms with E-state index in [1.165, 1.54) is 6.42 Å². The Morgan fingerprint density at radius 1 is 1.21 bits per heavy atom. The van der Waals surface area contributed by atoms with Gasteiger partial charge in [-0.3, -0.25) is 4.99 Å². The van der Waals surface area contributed by atoms with Gasteiger partial charge in [0.25, 0.3) is 0 Å². The largest absolute Gasteiger partial charge is 0.355 e. The van der Waals surface area contributed by atoms with Crippen molar-refractivity contribution in [3.05, 3.63) is 30.3 Å². The Morgan fingerprint density at radius 3 is 2.33 bits per heavy atom. The van der Waals surface area contributed by atoms with Gasteiger partial charge in [-0.15, -0.1) is 24.0 Å². The van der Waals surface area contributed by atoms with Crippen molar-refractivity contribution in [1.82, 2.24) is 10.2 Å². The van der Waals surface area contributed by atoms with Gasteiger partial charge in [0.2, 0.25) is 0 Å². The molecule has 1 aromatic carbocycles. The number of hydrogen-bond donors (Lipinski definition) is 1. The van der Waals surface area contributed by atoms with Crippen molar-refractivity contribution in [2.24, 2.45) is 16.8 Å². The van der Waals surface area contributed by atoms with Crippen LogP contribution >= 0.6 is 24.0 Å². The van der Waals surface area contributed by atoms with E-state index in [2.05, 4.69) is 29.1 Å². The highest BCUT2D eigenvalue weighted by atomic mass is 127. The number of guanidine groups is 1. The monoisotopic (exact) mass is 465 g/mol. The summed E-state index contributed by atoms with van der Waals surface area (Å²) in [5.41, 5.74) is 0. The average Bonchev–Trinajstić information content (AvgIpc) is 2.51. The van der Waals surface area contributed by atoms with Crippen LogP contribution in [0.4, 0.5) is 0 Å². The maximum atomic E-state index is 12.3. The van der Waals surface area contributed by atoms with Crippen molar-refractivity contribution in [1.29, 1.82) is 0 Å². The maximum Gasteiger partial charge on any atom is 0.193 e. The third-order valence-electron chi connectivity index (χ3n) is 4.14. The van der Waals surface area contributed by atoms with Crippen molar-refractivity contribution >= 4 is 39.8 Å². The summed E-state index contributed by atoms with van der Waals surface area (Å²) in [7, 11) is -1.50. The molecular weight excluding hydrogens is 437 g/mol. The molecule has 5 nitrogen and oxygen atoms in total. The molecule has 0 aromatic heterocycles. The van der Waals surface area contributed by atoms with Crippen LogP contribution in [-0.4, -0.2) is 51.7 Å². The average molecular weight is 465 g/mol. The van der Waals surface area contributed by atoms with E-state index in [1.807, 2.05) is 6.07 Å². The molecule has 1 aliphatic heterocycles. The maximum absolute atomic E-state index is 12.3. The number of aliphatic imine (C=N–C) groups is 1. The van der Waals surface area contributed by atoms with Gasteiger partial charge in [0.1, 0.15) is 0 Å². The lowest BCUT2D eigenvalue weighted by atomic mass is 9.92. The van der Waals surface area contributed by atoms with Crippen LogP contribution in [-0.2, 0) is 9.84 Å². The first-order valence-corrected chi connectivity index (χ1v) is 9.81. The first kappa shape index (κ1) is 21.2. The second-order valence-corrected chi connectivity index (χ2v) is 8.57. The number of halogens is 1. The van der Waals surface area contributed by atoms with Gasteiger partial charge in [-0.2, -0.15) is 0 Å². The third kappa shape index (κ3) is 5.91. The molecule has 1 aliphatic rings. The van der Waals surface area contributed by atoms with Gasteiger partial charge in [0, 0.05) is 26.7 Å². The lowest BCUT2D eigenvalue weighted by Gasteiger charge is -2.37. The van der Waals surface area contributed by atoms with Gasteiger partial charge >= 0.3 is 0 Å². The van der Waals surface area contributed by atoms with Gasteiger partial charge in [-0.25, -0.2) is 8.42 Å². The highest BCUT2D eigenvalue weighted by molar-refractivity contribution is 14.0. The first-order valence-electron chi connectivity index (χ1n) is 8.15. The van der Waals surface area contributed by atoms with E-state index < -0.39 is 9.84 Å². The SMILES string of the molecule is CN=C(NCCS(=O)(=O)c1ccccc1)N1CC(C)CC(C)C1.I. The van der Waals surface area contributed by atoms with E-state index in [0.29, 0.717) is 23.3 Å². The molecule has 24 heavy (non-hydrogen) atoms. The Morgan fingerprint density at radius 2 is 1.79 bits per heavy atom. The van der Waals surface area contributed by atoms with Gasteiger partial charge < -0.3 is 10.2 Å². The lowest BCUT2D eigenvalue weighted by molar-refractivity contribution is 0.209. The summed E-state index contributed by atoms with van der Waals surface area (Å²) < 4.78 is 24.6. The van der Waals surface area contributed by atoms with Crippen LogP contribution in [0.5, 0.6) is 0 Å². The minimum absolute atomic E-state index is 0. The number of rotatable bonds is 4. The summed E-state index contributed by atoms with van der Waals surface area (Å²) in [6.07, 6.45) is 1.23. The van der Waals surface area contributed by atoms with Crippen LogP contribution in [0.2, 0.25) is 0 Å². The molecule has 7 heteroatoms. The summed E-state index contributed by atoms with van der Waals surface area (Å²) in [5, 5.41) is 3.20. The number of piperidine rings is 1. The number of likely N-dealkylation sites (tertiary alicyclic amines) is 1. The van der Waals surface area contributed by atoms with Crippen molar-refractivity contribution in [3.63, 3.8) is 0 Å². The molecule has 1 heterocycles. The molecule has 0 amide bonds. The van der Waals surface area contributed by atoms with Crippen molar-refractivity contribution < 1.29 is 8.42 Å². The predicted octanol–water partition coefficient (Wildman–Crippen LogP) is 2.63. The van der Waals surface area contributed by atoms with Crippen LogP contribution in [0.3, 0.4) is 0 Å². The van der Waals surface area contributed by atoms with Crippen LogP contribution in [0.1, 0.15) is 20.3 Å². The fourth-order valence-electron chi connectivity index (χ4n) is 3.21. The molecule has 0 aliphatic carbocycles. The van der Waals surface area contributed by atoms with Crippen molar-refractivity contribution in [3.8, 4) is 0 Å². The molecule has 136 valence electrons. The van der Waals surface area contributed by atoms with Crippen LogP contribution in [0.25, 0.3) is 0 Å². The van der Waals surface area contributed by atoms with Gasteiger partial charge in [-0.1, -0.05) is 32.0 Å². The third-order valence-corrected chi connectivity index (χ3v) is 5.87. The molecule has 0 saturated carbocycles. The van der Waals surface area contributed by atoms with Crippen LogP contribution < -0.4 is 5.32 Å². The molecular formula is C17H28IN3O2S. The second kappa shape index (κ2) is 9.60. The molecule has 2 rings (SSSR count). The molecule has 1 N–H and O–H groups in total. The summed E-state index contributed by atoms with van der Waals surface area (Å²) in [5.74, 6) is 2.12. The summed E-state index contributed by atoms with van der Waals surface area (Å²) in [4.78, 5) is 6.91. The van der Waals surface area contributed by atoms with E-state index in [-0.39, 0.29) is 29.7 Å². The Labute approximate surface area is 162 Å². The molecule has 2 unspecified atom stereocenters. The summed E-state index contributed by atoms with van der Waals surface area (Å²) >= 11 is 0. The number of nitrogens with zero attached hydrogens (tertiary/aromatic N) is 2. The highest BCUT2D eigenvalue weighted by Gasteiger charge is 2.24. The Hall–Kier alpha value is -0.830. The standard InChI is InChI=1S/C17H27N3O2S.HI/c1-14-11-15(2)13-20(12-14)17(18-3)19-9-10-23(21,22)16-7-5-4-6-8-16;/h4-8,14-15H,9-13H2,1-3H3,(H,18,19);1H. The zero-order valence-electron chi connectivity index (χ0n) is 14.6. The molecule has 1 aromatic rings. The minimum atomic E-state index is -3.25. The van der Waals surface area contributed by atoms with Gasteiger partial charge in [0.15, 0.2) is 15.8 Å². The molecule has 0 spiro atoms. The predicted molar refractivity (Wildman–Crippen MR) is 110 cm³/mol. The molecule has 1 saturated heterocycles. The van der Waals surface area contributed by atoms with E-state index >= 15 is 0 Å². The fraction of sp³-hybridized carbons (Fsp3) is 0.588. The van der Waals surface area contributed by atoms with Crippen LogP contribution in [0, 0.1) is 11.8 Å². The quantitative estimate of drug-likeness (QED) is 0.422. The van der Waals surface area contributed by atoms with E-state index in [0.717, 1.165) is 19.0 Å². The normalized spacial score (nSPS) is 22.0. The highest BCUT2D eigenvalue weighted by Crippen LogP contribution is 2.20. The molecule has 1 fully saturated rings. The Kier molecular flexibility index (Phi) is 8.49. The Balaban J connectivity index is 0.00000288. The number of nitrogens with one attached hydrogen (secondary N) is 1. The molecule has 0 radical (unpaired) electrons. The van der Waals surface area contributed by atoms with Gasteiger partial charge in [-0.05, 0) is 30.4 Å². The summed E-state index contributed by atoms with van der Waals surface area (Å²) in [6, 6.07) is 8.58. The first-order chi connectivity index (χ1) is 10.9. The topological polar surface area (TPSA) is 61.8 Å². The fourth-order valence-corrected chi connectivity index (χ4v) is 4.39. The van der Waals surface area contributed by atoms with Gasteiger partial charge in [0.05, 0.1) is 10.6 Å².